The van der Waals surface area contributed by atoms with Crippen LogP contribution < -0.4 is 5.46 Å². The first-order valence-electron chi connectivity index (χ1n) is 16.2. The van der Waals surface area contributed by atoms with Gasteiger partial charge in [-0.3, -0.25) is 9.59 Å². The lowest BCUT2D eigenvalue weighted by Gasteiger charge is -2.51. The third-order valence-electron chi connectivity index (χ3n) is 8.92. The van der Waals surface area contributed by atoms with E-state index in [1.165, 1.54) is 6.92 Å². The average Bonchev–Trinajstić information content (AvgIpc) is 3.00. The van der Waals surface area contributed by atoms with Crippen LogP contribution >= 0.6 is 0 Å². The van der Waals surface area contributed by atoms with E-state index in [9.17, 15) is 24.9 Å². The zero-order chi connectivity index (χ0) is 33.5. The molecule has 12 heteroatoms. The number of hydrogen-bond donors (Lipinski definition) is 3. The molecule has 4 rings (SSSR count). The standard InChI is InChI=1S/C34H49BO11/c1-5-22-16-27-18-28(20-36)44-30(39)17-25(38)11-14-41-29(23-6-8-24(35)9-7-23)19-26-12-15-42-31(45-26)10-13-33(3,4)34(40,46-27)32(22)43-21(2)37/h5-10,13,25-29,31-32,36,38,40H,11-12,14-20,35H2,1-4H3/b13-10+,22-5+/t25-,26+,27+,28-,29+,31+,32+,34-/m1/s1. The molecule has 1 aromatic carbocycles. The minimum Gasteiger partial charge on any atom is -0.460 e. The lowest BCUT2D eigenvalue weighted by atomic mass is 9.74. The number of carbonyl (C=O) groups is 2. The summed E-state index contributed by atoms with van der Waals surface area (Å²) in [5.74, 6) is -3.30. The van der Waals surface area contributed by atoms with Crippen LogP contribution in [0.15, 0.2) is 48.1 Å². The van der Waals surface area contributed by atoms with Gasteiger partial charge in [-0.1, -0.05) is 55.7 Å². The molecule has 2 saturated heterocycles. The Morgan fingerprint density at radius 1 is 1.09 bits per heavy atom. The van der Waals surface area contributed by atoms with E-state index in [1.54, 1.807) is 39.0 Å². The van der Waals surface area contributed by atoms with Crippen LogP contribution in [-0.2, 0) is 38.0 Å². The maximum atomic E-state index is 12.8. The van der Waals surface area contributed by atoms with Gasteiger partial charge in [-0.25, -0.2) is 0 Å². The molecule has 11 nitrogen and oxygen atoms in total. The number of carbonyl (C=O) groups excluding carboxylic acids is 2. The topological polar surface area (TPSA) is 150 Å². The van der Waals surface area contributed by atoms with Crippen molar-refractivity contribution in [2.45, 2.75) is 115 Å². The number of benzene rings is 1. The van der Waals surface area contributed by atoms with E-state index in [2.05, 4.69) is 0 Å². The number of esters is 2. The van der Waals surface area contributed by atoms with Gasteiger partial charge in [0.25, 0.3) is 0 Å². The lowest BCUT2D eigenvalue weighted by molar-refractivity contribution is -0.327. The Bertz CT molecular complexity index is 1230. The Hall–Kier alpha value is -2.58. The van der Waals surface area contributed by atoms with Crippen LogP contribution in [0, 0.1) is 5.41 Å². The minimum atomic E-state index is -2.04. The van der Waals surface area contributed by atoms with E-state index < -0.39 is 60.5 Å². The normalized spacial score (nSPS) is 36.3. The summed E-state index contributed by atoms with van der Waals surface area (Å²) < 4.78 is 36.0. The summed E-state index contributed by atoms with van der Waals surface area (Å²) in [6.45, 7) is 6.74. The average molecular weight is 645 g/mol. The van der Waals surface area contributed by atoms with Crippen molar-refractivity contribution in [1.82, 2.24) is 0 Å². The lowest BCUT2D eigenvalue weighted by Crippen LogP contribution is -2.62. The van der Waals surface area contributed by atoms with Crippen molar-refractivity contribution < 1.29 is 53.3 Å². The largest absolute Gasteiger partial charge is 0.460 e. The Kier molecular flexibility index (Phi) is 12.6. The molecule has 3 N–H and O–H groups in total. The molecule has 0 aliphatic carbocycles. The van der Waals surface area contributed by atoms with Crippen LogP contribution in [0.3, 0.4) is 0 Å². The molecule has 46 heavy (non-hydrogen) atoms. The van der Waals surface area contributed by atoms with Gasteiger partial charge in [0, 0.05) is 31.8 Å². The van der Waals surface area contributed by atoms with Crippen molar-refractivity contribution in [3.05, 3.63) is 53.6 Å². The van der Waals surface area contributed by atoms with Gasteiger partial charge in [-0.05, 0) is 43.4 Å². The second kappa shape index (κ2) is 16.0. The number of aliphatic hydroxyl groups excluding tert-OH is 2. The summed E-state index contributed by atoms with van der Waals surface area (Å²) in [6.07, 6.45) is 1.64. The third kappa shape index (κ3) is 9.28. The quantitative estimate of drug-likeness (QED) is 0.252. The molecule has 254 valence electrons. The van der Waals surface area contributed by atoms with Crippen LogP contribution in [0.25, 0.3) is 0 Å². The number of allylic oxidation sites excluding steroid dienone is 1. The van der Waals surface area contributed by atoms with Crippen molar-refractivity contribution in [2.75, 3.05) is 19.8 Å². The number of aliphatic hydroxyl groups is 3. The number of fused-ring (bicyclic) bond motifs is 4. The summed E-state index contributed by atoms with van der Waals surface area (Å²) in [6, 6.07) is 8.05. The van der Waals surface area contributed by atoms with Gasteiger partial charge < -0.3 is 43.7 Å². The molecule has 0 spiro atoms. The Labute approximate surface area is 272 Å². The van der Waals surface area contributed by atoms with Crippen molar-refractivity contribution in [2.24, 2.45) is 5.41 Å². The molecule has 3 aliphatic heterocycles. The van der Waals surface area contributed by atoms with Crippen LogP contribution in [0.1, 0.15) is 77.9 Å². The van der Waals surface area contributed by atoms with Gasteiger partial charge >= 0.3 is 11.9 Å². The highest BCUT2D eigenvalue weighted by Gasteiger charge is 2.57. The maximum Gasteiger partial charge on any atom is 0.308 e. The molecule has 4 bridgehead atoms. The molecule has 3 heterocycles. The summed E-state index contributed by atoms with van der Waals surface area (Å²) in [7, 11) is 2.01. The second-order valence-electron chi connectivity index (χ2n) is 13.0. The van der Waals surface area contributed by atoms with E-state index in [1.807, 2.05) is 32.1 Å². The van der Waals surface area contributed by atoms with Crippen LogP contribution in [-0.4, -0.2) is 97.5 Å². The molecule has 0 aromatic heterocycles. The molecule has 2 fully saturated rings. The third-order valence-corrected chi connectivity index (χ3v) is 8.92. The molecule has 0 radical (unpaired) electrons. The number of ether oxygens (including phenoxy) is 6. The fourth-order valence-electron chi connectivity index (χ4n) is 6.16. The van der Waals surface area contributed by atoms with Crippen molar-refractivity contribution in [3.8, 4) is 0 Å². The van der Waals surface area contributed by atoms with Crippen molar-refractivity contribution >= 4 is 25.2 Å². The summed E-state index contributed by atoms with van der Waals surface area (Å²) in [5, 5.41) is 33.0. The first-order chi connectivity index (χ1) is 21.8. The predicted molar refractivity (Wildman–Crippen MR) is 171 cm³/mol. The SMILES string of the molecule is Bc1ccc([C@@H]2C[C@@H]3CCO[C@H](/C=C/C(C)(C)[C@]4(O)O[C@@H](C/C(=C\C)[C@@H]4OC(C)=O)C[C@H](CO)OC(=O)C[C@H](O)CCO2)O3)cc1. The fourth-order valence-corrected chi connectivity index (χ4v) is 6.16. The number of rotatable bonds is 3. The molecule has 8 atom stereocenters. The van der Waals surface area contributed by atoms with E-state index in [0.717, 1.165) is 11.0 Å². The fraction of sp³-hybridized carbons (Fsp3) is 0.647. The monoisotopic (exact) mass is 644 g/mol. The van der Waals surface area contributed by atoms with Gasteiger partial charge in [-0.2, -0.15) is 0 Å². The highest BCUT2D eigenvalue weighted by Crippen LogP contribution is 2.46. The number of hydrogen-bond acceptors (Lipinski definition) is 11. The van der Waals surface area contributed by atoms with E-state index in [-0.39, 0.29) is 44.5 Å². The molecular weight excluding hydrogens is 595 g/mol. The molecular formula is C34H49BO11. The van der Waals surface area contributed by atoms with Gasteiger partial charge in [0.05, 0.1) is 44.1 Å². The zero-order valence-corrected chi connectivity index (χ0v) is 27.6. The summed E-state index contributed by atoms with van der Waals surface area (Å²) in [4.78, 5) is 25.0. The Balaban J connectivity index is 1.67. The molecule has 1 aromatic rings. The second-order valence-corrected chi connectivity index (χ2v) is 13.0. The zero-order valence-electron chi connectivity index (χ0n) is 27.6. The maximum absolute atomic E-state index is 12.8. The van der Waals surface area contributed by atoms with Crippen molar-refractivity contribution in [3.63, 3.8) is 0 Å². The van der Waals surface area contributed by atoms with Gasteiger partial charge in [0.1, 0.15) is 14.0 Å². The predicted octanol–water partition coefficient (Wildman–Crippen LogP) is 1.91. The van der Waals surface area contributed by atoms with Gasteiger partial charge in [0.2, 0.25) is 5.79 Å². The Morgan fingerprint density at radius 3 is 2.48 bits per heavy atom. The molecule has 0 amide bonds. The van der Waals surface area contributed by atoms with Crippen molar-refractivity contribution in [1.29, 1.82) is 0 Å². The van der Waals surface area contributed by atoms with E-state index >= 15 is 0 Å². The highest BCUT2D eigenvalue weighted by atomic mass is 16.7. The molecule has 0 saturated carbocycles. The van der Waals surface area contributed by atoms with Crippen LogP contribution in [0.2, 0.25) is 0 Å². The van der Waals surface area contributed by atoms with Crippen LogP contribution in [0.4, 0.5) is 0 Å². The van der Waals surface area contributed by atoms with Crippen LogP contribution in [0.5, 0.6) is 0 Å². The number of cyclic esters (lactones) is 1. The minimum absolute atomic E-state index is 0.0580. The van der Waals surface area contributed by atoms with Gasteiger partial charge in [0.15, 0.2) is 12.4 Å². The van der Waals surface area contributed by atoms with Gasteiger partial charge in [-0.15, -0.1) is 0 Å². The molecule has 3 aliphatic rings. The van der Waals surface area contributed by atoms with E-state index in [4.69, 9.17) is 28.4 Å². The smallest absolute Gasteiger partial charge is 0.308 e. The van der Waals surface area contributed by atoms with E-state index in [0.29, 0.717) is 25.0 Å². The summed E-state index contributed by atoms with van der Waals surface area (Å²) in [5.41, 5.74) is 1.57. The Morgan fingerprint density at radius 2 is 1.80 bits per heavy atom. The first kappa shape index (κ1) is 36.3. The first-order valence-corrected chi connectivity index (χ1v) is 16.2. The molecule has 0 unspecified atom stereocenters. The summed E-state index contributed by atoms with van der Waals surface area (Å²) >= 11 is 0. The highest BCUT2D eigenvalue weighted by molar-refractivity contribution is 6.32.